The van der Waals surface area contributed by atoms with E-state index >= 15 is 0 Å². The van der Waals surface area contributed by atoms with E-state index in [1.54, 1.807) is 47.8 Å². The van der Waals surface area contributed by atoms with E-state index < -0.39 is 9.84 Å². The molecule has 2 aliphatic rings. The second-order valence-electron chi connectivity index (χ2n) is 5.44. The van der Waals surface area contributed by atoms with Crippen molar-refractivity contribution >= 4 is 44.7 Å². The van der Waals surface area contributed by atoms with Gasteiger partial charge in [0.05, 0.1) is 33.7 Å². The maximum Gasteiger partial charge on any atom is 0.179 e. The summed E-state index contributed by atoms with van der Waals surface area (Å²) in [5.74, 6) is 1.14. The van der Waals surface area contributed by atoms with Gasteiger partial charge in [-0.2, -0.15) is 17.0 Å². The maximum absolute atomic E-state index is 12.4. The summed E-state index contributed by atoms with van der Waals surface area (Å²) in [6.45, 7) is 0. The molecule has 1 saturated heterocycles. The molecule has 4 nitrogen and oxygen atoms in total. The number of nitriles is 1. The Bertz CT molecular complexity index is 944. The van der Waals surface area contributed by atoms with Crippen LogP contribution in [0.1, 0.15) is 5.56 Å². The molecule has 2 aromatic carbocycles. The van der Waals surface area contributed by atoms with Gasteiger partial charge in [-0.25, -0.2) is 8.42 Å². The van der Waals surface area contributed by atoms with Crippen LogP contribution in [0.3, 0.4) is 0 Å². The Morgan fingerprint density at radius 2 is 1.87 bits per heavy atom. The molecule has 23 heavy (non-hydrogen) atoms. The van der Waals surface area contributed by atoms with Gasteiger partial charge >= 0.3 is 0 Å². The highest BCUT2D eigenvalue weighted by Crippen LogP contribution is 2.45. The highest BCUT2D eigenvalue weighted by atomic mass is 32.2. The maximum atomic E-state index is 12.4. The van der Waals surface area contributed by atoms with Crippen molar-refractivity contribution in [1.82, 2.24) is 0 Å². The van der Waals surface area contributed by atoms with E-state index in [2.05, 4.69) is 11.4 Å². The van der Waals surface area contributed by atoms with Crippen LogP contribution in [0.15, 0.2) is 51.1 Å². The first-order valence-corrected chi connectivity index (χ1v) is 10.5. The molecule has 2 heterocycles. The summed E-state index contributed by atoms with van der Waals surface area (Å²) in [4.78, 5) is 2.38. The summed E-state index contributed by atoms with van der Waals surface area (Å²) in [5.41, 5.74) is 2.20. The SMILES string of the molecule is N#Cc1ccc2c(c1)Nc1cc(S(=O)(=O)CC3CS3)ccc1S2. The van der Waals surface area contributed by atoms with Gasteiger partial charge in [0.2, 0.25) is 0 Å². The zero-order chi connectivity index (χ0) is 16.0. The first kappa shape index (κ1) is 14.9. The molecule has 7 heteroatoms. The lowest BCUT2D eigenvalue weighted by Crippen LogP contribution is -2.12. The molecule has 0 bridgehead atoms. The average Bonchev–Trinajstić information content (AvgIpc) is 3.35. The third-order valence-electron chi connectivity index (χ3n) is 3.72. The fourth-order valence-electron chi connectivity index (χ4n) is 2.44. The second-order valence-corrected chi connectivity index (χ2v) is 9.90. The third kappa shape index (κ3) is 2.94. The molecular weight excluding hydrogens is 348 g/mol. The van der Waals surface area contributed by atoms with Gasteiger partial charge in [0.25, 0.3) is 0 Å². The molecule has 0 spiro atoms. The summed E-state index contributed by atoms with van der Waals surface area (Å²) in [7, 11) is -3.24. The number of benzene rings is 2. The van der Waals surface area contributed by atoms with E-state index in [1.165, 1.54) is 0 Å². The van der Waals surface area contributed by atoms with Crippen molar-refractivity contribution < 1.29 is 8.42 Å². The van der Waals surface area contributed by atoms with Crippen LogP contribution in [0, 0.1) is 11.3 Å². The summed E-state index contributed by atoms with van der Waals surface area (Å²) in [6, 6.07) is 12.8. The number of nitrogens with one attached hydrogen (secondary N) is 1. The fraction of sp³-hybridized carbons (Fsp3) is 0.188. The van der Waals surface area contributed by atoms with E-state index in [1.807, 2.05) is 12.1 Å². The molecule has 1 fully saturated rings. The minimum atomic E-state index is -3.24. The zero-order valence-corrected chi connectivity index (χ0v) is 14.4. The van der Waals surface area contributed by atoms with E-state index in [4.69, 9.17) is 5.26 Å². The molecule has 1 N–H and O–H groups in total. The van der Waals surface area contributed by atoms with E-state index in [9.17, 15) is 8.42 Å². The van der Waals surface area contributed by atoms with Crippen LogP contribution >= 0.6 is 23.5 Å². The highest BCUT2D eigenvalue weighted by Gasteiger charge is 2.30. The van der Waals surface area contributed by atoms with Gasteiger partial charge in [-0.3, -0.25) is 0 Å². The molecule has 4 rings (SSSR count). The average molecular weight is 360 g/mol. The fourth-order valence-corrected chi connectivity index (χ4v) is 6.09. The van der Waals surface area contributed by atoms with Crippen LogP contribution in [0.25, 0.3) is 0 Å². The molecule has 2 aliphatic heterocycles. The molecule has 0 aliphatic carbocycles. The topological polar surface area (TPSA) is 70.0 Å². The van der Waals surface area contributed by atoms with Crippen molar-refractivity contribution in [3.8, 4) is 6.07 Å². The molecule has 0 saturated carbocycles. The second kappa shape index (κ2) is 5.48. The number of sulfone groups is 1. The predicted octanol–water partition coefficient (Wildman–Crippen LogP) is 3.66. The number of rotatable bonds is 3. The van der Waals surface area contributed by atoms with Crippen LogP contribution in [0.5, 0.6) is 0 Å². The normalized spacial score (nSPS) is 18.3. The van der Waals surface area contributed by atoms with Crippen molar-refractivity contribution in [3.63, 3.8) is 0 Å². The van der Waals surface area contributed by atoms with Gasteiger partial charge in [-0.05, 0) is 36.4 Å². The number of hydrogen-bond donors (Lipinski definition) is 1. The Morgan fingerprint density at radius 1 is 1.17 bits per heavy atom. The number of thioether (sulfide) groups is 1. The molecule has 116 valence electrons. The van der Waals surface area contributed by atoms with Gasteiger partial charge in [0.15, 0.2) is 9.84 Å². The smallest absolute Gasteiger partial charge is 0.179 e. The van der Waals surface area contributed by atoms with Crippen molar-refractivity contribution in [2.24, 2.45) is 0 Å². The third-order valence-corrected chi connectivity index (χ3v) is 7.86. The number of hydrogen-bond acceptors (Lipinski definition) is 6. The molecule has 1 unspecified atom stereocenters. The standard InChI is InChI=1S/C16H12N2O2S3/c17-7-10-1-3-15-13(5-10)18-14-6-12(2-4-16(14)22-15)23(19,20)9-11-8-21-11/h1-6,11,18H,8-9H2. The predicted molar refractivity (Wildman–Crippen MR) is 93.3 cm³/mol. The first-order valence-electron chi connectivity index (χ1n) is 7.02. The van der Waals surface area contributed by atoms with Crippen molar-refractivity contribution in [2.75, 3.05) is 16.8 Å². The number of nitrogens with zero attached hydrogens (tertiary/aromatic N) is 1. The summed E-state index contributed by atoms with van der Waals surface area (Å²) < 4.78 is 24.8. The Balaban J connectivity index is 1.69. The van der Waals surface area contributed by atoms with Crippen molar-refractivity contribution in [2.45, 2.75) is 19.9 Å². The van der Waals surface area contributed by atoms with Crippen LogP contribution in [0.2, 0.25) is 0 Å². The van der Waals surface area contributed by atoms with Crippen molar-refractivity contribution in [1.29, 1.82) is 5.26 Å². The largest absolute Gasteiger partial charge is 0.354 e. The summed E-state index contributed by atoms with van der Waals surface area (Å²) >= 11 is 3.26. The molecule has 0 radical (unpaired) electrons. The monoisotopic (exact) mass is 360 g/mol. The van der Waals surface area contributed by atoms with Crippen LogP contribution in [-0.4, -0.2) is 25.2 Å². The Hall–Kier alpha value is -1.62. The first-order chi connectivity index (χ1) is 11.0. The van der Waals surface area contributed by atoms with E-state index in [-0.39, 0.29) is 11.0 Å². The minimum absolute atomic E-state index is 0.207. The lowest BCUT2D eigenvalue weighted by molar-refractivity contribution is 0.596. The van der Waals surface area contributed by atoms with Crippen LogP contribution < -0.4 is 5.32 Å². The Kier molecular flexibility index (Phi) is 3.56. The lowest BCUT2D eigenvalue weighted by Gasteiger charge is -2.21. The van der Waals surface area contributed by atoms with Crippen LogP contribution in [0.4, 0.5) is 11.4 Å². The van der Waals surface area contributed by atoms with Gasteiger partial charge in [0.1, 0.15) is 0 Å². The number of anilines is 2. The summed E-state index contributed by atoms with van der Waals surface area (Å²) in [5, 5.41) is 12.5. The number of fused-ring (bicyclic) bond motifs is 2. The van der Waals surface area contributed by atoms with Gasteiger partial charge in [0, 0.05) is 20.8 Å². The summed E-state index contributed by atoms with van der Waals surface area (Å²) in [6.07, 6.45) is 0. The van der Waals surface area contributed by atoms with E-state index in [0.717, 1.165) is 26.9 Å². The van der Waals surface area contributed by atoms with Gasteiger partial charge in [-0.15, -0.1) is 0 Å². The lowest BCUT2D eigenvalue weighted by atomic mass is 10.2. The quantitative estimate of drug-likeness (QED) is 0.719. The molecule has 0 amide bonds. The Labute approximate surface area is 143 Å². The Morgan fingerprint density at radius 3 is 2.57 bits per heavy atom. The van der Waals surface area contributed by atoms with Gasteiger partial charge < -0.3 is 5.32 Å². The zero-order valence-electron chi connectivity index (χ0n) is 11.9. The molecule has 0 aromatic heterocycles. The highest BCUT2D eigenvalue weighted by molar-refractivity contribution is 8.08. The van der Waals surface area contributed by atoms with Crippen LogP contribution in [-0.2, 0) is 9.84 Å². The molecule has 1 atom stereocenters. The van der Waals surface area contributed by atoms with Gasteiger partial charge in [-0.1, -0.05) is 11.8 Å². The molecule has 2 aromatic rings. The molecular formula is C16H12N2O2S3. The van der Waals surface area contributed by atoms with Crippen molar-refractivity contribution in [3.05, 3.63) is 42.0 Å². The minimum Gasteiger partial charge on any atom is -0.354 e. The van der Waals surface area contributed by atoms with E-state index in [0.29, 0.717) is 10.5 Å².